The first-order valence-electron chi connectivity index (χ1n) is 8.05. The number of nitrogens with one attached hydrogen (secondary N) is 1. The standard InChI is InChI=1S/C18H25N3O3/c1-5-15(24-16-9-7-6-8-13(16)2)17(22)19-12-18(3,23)14-10-20-21(4)11-14/h6-11,15,23H,5,12H2,1-4H3,(H,19,22). The van der Waals surface area contributed by atoms with Crippen LogP contribution >= 0.6 is 0 Å². The number of carbonyl (C=O) groups excluding carboxylic acids is 1. The minimum absolute atomic E-state index is 0.0885. The van der Waals surface area contributed by atoms with Crippen molar-refractivity contribution in [2.24, 2.45) is 7.05 Å². The van der Waals surface area contributed by atoms with Gasteiger partial charge in [-0.05, 0) is 31.9 Å². The van der Waals surface area contributed by atoms with Gasteiger partial charge < -0.3 is 15.2 Å². The van der Waals surface area contributed by atoms with E-state index in [0.717, 1.165) is 5.56 Å². The first-order chi connectivity index (χ1) is 11.3. The second-order valence-electron chi connectivity index (χ2n) is 6.17. The topological polar surface area (TPSA) is 76.4 Å². The summed E-state index contributed by atoms with van der Waals surface area (Å²) < 4.78 is 7.43. The highest BCUT2D eigenvalue weighted by Gasteiger charge is 2.27. The molecule has 24 heavy (non-hydrogen) atoms. The van der Waals surface area contributed by atoms with Crippen LogP contribution in [0.2, 0.25) is 0 Å². The van der Waals surface area contributed by atoms with E-state index in [1.807, 2.05) is 38.1 Å². The first-order valence-corrected chi connectivity index (χ1v) is 8.05. The molecular formula is C18H25N3O3. The Hall–Kier alpha value is -2.34. The Morgan fingerprint density at radius 2 is 2.17 bits per heavy atom. The number of hydrogen-bond acceptors (Lipinski definition) is 4. The second kappa shape index (κ2) is 7.49. The van der Waals surface area contributed by atoms with Crippen molar-refractivity contribution in [3.8, 4) is 5.75 Å². The van der Waals surface area contributed by atoms with Crippen LogP contribution in [0.1, 0.15) is 31.4 Å². The molecule has 0 aliphatic heterocycles. The Balaban J connectivity index is 1.98. The van der Waals surface area contributed by atoms with Crippen molar-refractivity contribution in [2.45, 2.75) is 38.9 Å². The van der Waals surface area contributed by atoms with Crippen molar-refractivity contribution >= 4 is 5.91 Å². The number of nitrogens with zero attached hydrogens (tertiary/aromatic N) is 2. The molecule has 2 N–H and O–H groups in total. The fourth-order valence-electron chi connectivity index (χ4n) is 2.34. The lowest BCUT2D eigenvalue weighted by atomic mass is 9.99. The predicted octanol–water partition coefficient (Wildman–Crippen LogP) is 1.91. The summed E-state index contributed by atoms with van der Waals surface area (Å²) in [4.78, 5) is 12.4. The number of aryl methyl sites for hydroxylation is 2. The summed E-state index contributed by atoms with van der Waals surface area (Å²) in [6.07, 6.45) is 3.26. The molecule has 0 aliphatic rings. The molecular weight excluding hydrogens is 306 g/mol. The highest BCUT2D eigenvalue weighted by atomic mass is 16.5. The Morgan fingerprint density at radius 3 is 2.75 bits per heavy atom. The molecule has 2 aromatic rings. The third kappa shape index (κ3) is 4.35. The van der Waals surface area contributed by atoms with Crippen molar-refractivity contribution in [3.63, 3.8) is 0 Å². The smallest absolute Gasteiger partial charge is 0.261 e. The van der Waals surface area contributed by atoms with E-state index in [9.17, 15) is 9.90 Å². The summed E-state index contributed by atoms with van der Waals surface area (Å²) in [5.74, 6) is 0.448. The fourth-order valence-corrected chi connectivity index (χ4v) is 2.34. The minimum Gasteiger partial charge on any atom is -0.480 e. The van der Waals surface area contributed by atoms with Crippen LogP contribution in [0.25, 0.3) is 0 Å². The largest absolute Gasteiger partial charge is 0.480 e. The van der Waals surface area contributed by atoms with Gasteiger partial charge in [0.25, 0.3) is 5.91 Å². The van der Waals surface area contributed by atoms with Gasteiger partial charge in [-0.15, -0.1) is 0 Å². The average Bonchev–Trinajstić information content (AvgIpc) is 2.99. The van der Waals surface area contributed by atoms with E-state index in [0.29, 0.717) is 17.7 Å². The maximum atomic E-state index is 12.4. The lowest BCUT2D eigenvalue weighted by molar-refractivity contribution is -0.129. The molecule has 0 radical (unpaired) electrons. The molecule has 130 valence electrons. The van der Waals surface area contributed by atoms with Crippen LogP contribution in [0.15, 0.2) is 36.7 Å². The number of aliphatic hydroxyl groups is 1. The van der Waals surface area contributed by atoms with Gasteiger partial charge in [-0.1, -0.05) is 25.1 Å². The van der Waals surface area contributed by atoms with Crippen molar-refractivity contribution in [1.29, 1.82) is 0 Å². The van der Waals surface area contributed by atoms with Gasteiger partial charge in [0, 0.05) is 18.8 Å². The molecule has 2 atom stereocenters. The Labute approximate surface area is 142 Å². The van der Waals surface area contributed by atoms with E-state index in [-0.39, 0.29) is 12.5 Å². The van der Waals surface area contributed by atoms with Crippen LogP contribution in [0, 0.1) is 6.92 Å². The maximum absolute atomic E-state index is 12.4. The van der Waals surface area contributed by atoms with Crippen LogP contribution in [-0.4, -0.2) is 33.4 Å². The average molecular weight is 331 g/mol. The summed E-state index contributed by atoms with van der Waals surface area (Å²) in [6, 6.07) is 7.58. The molecule has 1 aromatic carbocycles. The number of para-hydroxylation sites is 1. The van der Waals surface area contributed by atoms with Gasteiger partial charge in [-0.25, -0.2) is 0 Å². The van der Waals surface area contributed by atoms with Crippen LogP contribution < -0.4 is 10.1 Å². The molecule has 0 aliphatic carbocycles. The zero-order valence-corrected chi connectivity index (χ0v) is 14.6. The molecule has 1 aromatic heterocycles. The van der Waals surface area contributed by atoms with E-state index in [1.54, 1.807) is 31.0 Å². The third-order valence-electron chi connectivity index (χ3n) is 3.96. The molecule has 1 amide bonds. The Morgan fingerprint density at radius 1 is 1.46 bits per heavy atom. The molecule has 2 rings (SSSR count). The van der Waals surface area contributed by atoms with Gasteiger partial charge in [-0.3, -0.25) is 9.48 Å². The predicted molar refractivity (Wildman–Crippen MR) is 91.7 cm³/mol. The summed E-state index contributed by atoms with van der Waals surface area (Å²) in [5.41, 5.74) is 0.439. The summed E-state index contributed by atoms with van der Waals surface area (Å²) in [6.45, 7) is 5.56. The number of amides is 1. The molecule has 0 spiro atoms. The van der Waals surface area contributed by atoms with Crippen LogP contribution in [0.4, 0.5) is 0 Å². The second-order valence-corrected chi connectivity index (χ2v) is 6.17. The summed E-state index contributed by atoms with van der Waals surface area (Å²) >= 11 is 0. The first kappa shape index (κ1) is 18.0. The Kier molecular flexibility index (Phi) is 5.62. The molecule has 6 heteroatoms. The molecule has 0 bridgehead atoms. The van der Waals surface area contributed by atoms with Gasteiger partial charge in [0.05, 0.1) is 12.7 Å². The van der Waals surface area contributed by atoms with Crippen molar-refractivity contribution in [2.75, 3.05) is 6.54 Å². The molecule has 6 nitrogen and oxygen atoms in total. The van der Waals surface area contributed by atoms with E-state index in [2.05, 4.69) is 10.4 Å². The zero-order valence-electron chi connectivity index (χ0n) is 14.6. The van der Waals surface area contributed by atoms with Gasteiger partial charge in [0.15, 0.2) is 6.10 Å². The molecule has 0 fully saturated rings. The molecule has 2 unspecified atom stereocenters. The van der Waals surface area contributed by atoms with Crippen molar-refractivity contribution in [3.05, 3.63) is 47.8 Å². The van der Waals surface area contributed by atoms with E-state index < -0.39 is 11.7 Å². The van der Waals surface area contributed by atoms with E-state index in [4.69, 9.17) is 4.74 Å². The molecule has 0 saturated carbocycles. The van der Waals surface area contributed by atoms with E-state index >= 15 is 0 Å². The third-order valence-corrected chi connectivity index (χ3v) is 3.96. The van der Waals surface area contributed by atoms with Crippen LogP contribution in [0.5, 0.6) is 5.75 Å². The van der Waals surface area contributed by atoms with Crippen molar-refractivity contribution in [1.82, 2.24) is 15.1 Å². The monoisotopic (exact) mass is 331 g/mol. The number of ether oxygens (including phenoxy) is 1. The maximum Gasteiger partial charge on any atom is 0.261 e. The number of carbonyl (C=O) groups is 1. The van der Waals surface area contributed by atoms with Crippen LogP contribution in [0.3, 0.4) is 0 Å². The van der Waals surface area contributed by atoms with Crippen LogP contribution in [-0.2, 0) is 17.4 Å². The fraction of sp³-hybridized carbons (Fsp3) is 0.444. The highest BCUT2D eigenvalue weighted by Crippen LogP contribution is 2.20. The lowest BCUT2D eigenvalue weighted by Crippen LogP contribution is -2.44. The van der Waals surface area contributed by atoms with Gasteiger partial charge >= 0.3 is 0 Å². The van der Waals surface area contributed by atoms with Gasteiger partial charge in [-0.2, -0.15) is 5.10 Å². The summed E-state index contributed by atoms with van der Waals surface area (Å²) in [7, 11) is 1.78. The molecule has 0 saturated heterocycles. The number of aromatic nitrogens is 2. The minimum atomic E-state index is -1.19. The van der Waals surface area contributed by atoms with E-state index in [1.165, 1.54) is 0 Å². The molecule has 1 heterocycles. The lowest BCUT2D eigenvalue weighted by Gasteiger charge is -2.24. The number of benzene rings is 1. The van der Waals surface area contributed by atoms with Crippen molar-refractivity contribution < 1.29 is 14.6 Å². The normalized spacial score (nSPS) is 14.7. The number of rotatable bonds is 7. The summed E-state index contributed by atoms with van der Waals surface area (Å²) in [5, 5.41) is 17.3. The number of hydrogen-bond donors (Lipinski definition) is 2. The zero-order chi connectivity index (χ0) is 17.7. The SMILES string of the molecule is CCC(Oc1ccccc1C)C(=O)NCC(C)(O)c1cnn(C)c1. The van der Waals surface area contributed by atoms with Gasteiger partial charge in [0.2, 0.25) is 0 Å². The highest BCUT2D eigenvalue weighted by molar-refractivity contribution is 5.81. The van der Waals surface area contributed by atoms with Gasteiger partial charge in [0.1, 0.15) is 11.4 Å². The Bertz CT molecular complexity index is 694. The quantitative estimate of drug-likeness (QED) is 0.812.